The average Bonchev–Trinajstić information content (AvgIpc) is 3.02. The van der Waals surface area contributed by atoms with Crippen LogP contribution in [0.15, 0.2) is 36.5 Å². The normalized spacial score (nSPS) is 20.8. The lowest BCUT2D eigenvalue weighted by atomic mass is 10.1. The summed E-state index contributed by atoms with van der Waals surface area (Å²) in [6.07, 6.45) is 1.04. The molecule has 1 saturated heterocycles. The van der Waals surface area contributed by atoms with E-state index in [-0.39, 0.29) is 18.4 Å². The Morgan fingerprint density at radius 2 is 1.96 bits per heavy atom. The van der Waals surface area contributed by atoms with Gasteiger partial charge in [0.1, 0.15) is 6.17 Å². The lowest BCUT2D eigenvalue weighted by Crippen LogP contribution is -2.50. The highest BCUT2D eigenvalue weighted by Crippen LogP contribution is 2.32. The Hall–Kier alpha value is -1.60. The van der Waals surface area contributed by atoms with Crippen LogP contribution in [-0.4, -0.2) is 39.8 Å². The van der Waals surface area contributed by atoms with Gasteiger partial charge < -0.3 is 15.2 Å². The maximum atomic E-state index is 13.9. The first-order valence-corrected chi connectivity index (χ1v) is 9.63. The number of anilines is 1. The molecule has 3 atom stereocenters. The first-order valence-electron chi connectivity index (χ1n) is 8.87. The maximum Gasteiger partial charge on any atom is 0.207 e. The Balaban J connectivity index is 0.00000225. The number of nitrogens with zero attached hydrogens (tertiary/aromatic N) is 4. The molecule has 9 heteroatoms. The van der Waals surface area contributed by atoms with Crippen molar-refractivity contribution in [3.63, 3.8) is 0 Å². The highest BCUT2D eigenvalue weighted by atomic mass is 35.5. The molecule has 150 valence electrons. The molecule has 0 radical (unpaired) electrons. The van der Waals surface area contributed by atoms with Gasteiger partial charge in [0.25, 0.3) is 0 Å². The second kappa shape index (κ2) is 8.41. The fourth-order valence-corrected chi connectivity index (χ4v) is 3.84. The molecule has 1 fully saturated rings. The van der Waals surface area contributed by atoms with E-state index in [2.05, 4.69) is 16.5 Å². The Morgan fingerprint density at radius 1 is 1.21 bits per heavy atom. The molecule has 2 aromatic heterocycles. The Morgan fingerprint density at radius 3 is 2.64 bits per heavy atom. The van der Waals surface area contributed by atoms with Gasteiger partial charge in [0.05, 0.1) is 33.8 Å². The van der Waals surface area contributed by atoms with Gasteiger partial charge in [0.2, 0.25) is 5.95 Å². The number of alkyl halides is 1. The van der Waals surface area contributed by atoms with Gasteiger partial charge in [-0.2, -0.15) is 0 Å². The Labute approximate surface area is 179 Å². The van der Waals surface area contributed by atoms with Crippen LogP contribution in [0, 0.1) is 0 Å². The minimum absolute atomic E-state index is 0. The van der Waals surface area contributed by atoms with Gasteiger partial charge >= 0.3 is 0 Å². The van der Waals surface area contributed by atoms with E-state index in [0.29, 0.717) is 29.6 Å². The number of aromatic nitrogens is 3. The predicted molar refractivity (Wildman–Crippen MR) is 115 cm³/mol. The summed E-state index contributed by atoms with van der Waals surface area (Å²) in [6, 6.07) is 8.72. The molecule has 5 nitrogen and oxygen atoms in total. The molecule has 1 aliphatic rings. The van der Waals surface area contributed by atoms with Crippen molar-refractivity contribution >= 4 is 52.6 Å². The third kappa shape index (κ3) is 3.92. The molecule has 3 heterocycles. The number of pyridine rings is 1. The third-order valence-corrected chi connectivity index (χ3v) is 5.51. The summed E-state index contributed by atoms with van der Waals surface area (Å²) >= 11 is 12.1. The molecular formula is C19H21Cl3FN5. The van der Waals surface area contributed by atoms with E-state index in [1.54, 1.807) is 6.20 Å². The standard InChI is InChI=1S/C19H20Cl2FN5.ClH/c1-11(16-4-2-13(21)9-24-16)27-18-5-3-12(20)8-17(18)25-19(27)26-7-6-14(22)15(23)10-26;/h2-5,8-9,11,14-15H,6-7,10,23H2,1H3;1H/t11-,14?,15?;/m0./s1. The van der Waals surface area contributed by atoms with Crippen LogP contribution in [0.25, 0.3) is 11.0 Å². The molecule has 2 N–H and O–H groups in total. The van der Waals surface area contributed by atoms with Gasteiger partial charge in [-0.3, -0.25) is 4.98 Å². The fraction of sp³-hybridized carbons (Fsp3) is 0.368. The topological polar surface area (TPSA) is 60.0 Å². The lowest BCUT2D eigenvalue weighted by Gasteiger charge is -2.34. The van der Waals surface area contributed by atoms with Gasteiger partial charge in [-0.05, 0) is 43.7 Å². The van der Waals surface area contributed by atoms with E-state index in [1.807, 2.05) is 35.2 Å². The van der Waals surface area contributed by atoms with Crippen LogP contribution in [-0.2, 0) is 0 Å². The van der Waals surface area contributed by atoms with Gasteiger partial charge in [0, 0.05) is 24.3 Å². The van der Waals surface area contributed by atoms with E-state index < -0.39 is 12.2 Å². The Kier molecular flexibility index (Phi) is 6.34. The number of hydrogen-bond donors (Lipinski definition) is 1. The monoisotopic (exact) mass is 443 g/mol. The molecule has 0 spiro atoms. The molecular weight excluding hydrogens is 424 g/mol. The van der Waals surface area contributed by atoms with Gasteiger partial charge in [0.15, 0.2) is 0 Å². The van der Waals surface area contributed by atoms with Crippen LogP contribution in [0.4, 0.5) is 10.3 Å². The second-order valence-corrected chi connectivity index (χ2v) is 7.78. The highest BCUT2D eigenvalue weighted by Gasteiger charge is 2.30. The summed E-state index contributed by atoms with van der Waals surface area (Å²) in [5, 5.41) is 1.21. The molecule has 0 aliphatic carbocycles. The minimum atomic E-state index is -0.983. The van der Waals surface area contributed by atoms with Crippen LogP contribution in [0.5, 0.6) is 0 Å². The van der Waals surface area contributed by atoms with Crippen molar-refractivity contribution < 1.29 is 4.39 Å². The van der Waals surface area contributed by atoms with Crippen LogP contribution in [0.1, 0.15) is 25.1 Å². The zero-order valence-corrected chi connectivity index (χ0v) is 17.6. The average molecular weight is 445 g/mol. The summed E-state index contributed by atoms with van der Waals surface area (Å²) in [5.74, 6) is 0.749. The number of imidazole rings is 1. The molecule has 0 saturated carbocycles. The van der Waals surface area contributed by atoms with Crippen molar-refractivity contribution in [1.29, 1.82) is 0 Å². The third-order valence-electron chi connectivity index (χ3n) is 5.05. The van der Waals surface area contributed by atoms with E-state index in [4.69, 9.17) is 33.9 Å². The quantitative estimate of drug-likeness (QED) is 0.639. The highest BCUT2D eigenvalue weighted by molar-refractivity contribution is 6.31. The number of nitrogens with two attached hydrogens (primary N) is 1. The summed E-state index contributed by atoms with van der Waals surface area (Å²) < 4.78 is 16.0. The van der Waals surface area contributed by atoms with Gasteiger partial charge in [-0.15, -0.1) is 12.4 Å². The van der Waals surface area contributed by atoms with Crippen LogP contribution < -0.4 is 10.6 Å². The zero-order chi connectivity index (χ0) is 19.1. The number of hydrogen-bond acceptors (Lipinski definition) is 4. The predicted octanol–water partition coefficient (Wildman–Crippen LogP) is 4.64. The summed E-state index contributed by atoms with van der Waals surface area (Å²) in [6.45, 7) is 3.03. The van der Waals surface area contributed by atoms with E-state index >= 15 is 0 Å². The van der Waals surface area contributed by atoms with E-state index in [9.17, 15) is 4.39 Å². The molecule has 1 aliphatic heterocycles. The van der Waals surface area contributed by atoms with Crippen molar-refractivity contribution in [3.8, 4) is 0 Å². The first kappa shape index (κ1) is 21.1. The number of halogens is 4. The van der Waals surface area contributed by atoms with Crippen molar-refractivity contribution in [2.45, 2.75) is 31.6 Å². The van der Waals surface area contributed by atoms with Crippen LogP contribution in [0.2, 0.25) is 10.0 Å². The molecule has 3 aromatic rings. The van der Waals surface area contributed by atoms with Crippen molar-refractivity contribution in [2.75, 3.05) is 18.0 Å². The van der Waals surface area contributed by atoms with Gasteiger partial charge in [-0.25, -0.2) is 9.37 Å². The molecule has 1 aromatic carbocycles. The molecule has 0 bridgehead atoms. The van der Waals surface area contributed by atoms with Gasteiger partial charge in [-0.1, -0.05) is 23.2 Å². The number of benzene rings is 1. The second-order valence-electron chi connectivity index (χ2n) is 6.91. The smallest absolute Gasteiger partial charge is 0.207 e. The molecule has 0 amide bonds. The SMILES string of the molecule is C[C@@H](c1ccc(Cl)cn1)n1c(N2CCC(F)C(N)C2)nc2cc(Cl)ccc21.Cl. The van der Waals surface area contributed by atoms with Crippen molar-refractivity contribution in [1.82, 2.24) is 14.5 Å². The maximum absolute atomic E-state index is 13.9. The largest absolute Gasteiger partial charge is 0.340 e. The first-order chi connectivity index (χ1) is 12.9. The van der Waals surface area contributed by atoms with Crippen LogP contribution in [0.3, 0.4) is 0 Å². The number of piperidine rings is 1. The summed E-state index contributed by atoms with van der Waals surface area (Å²) in [7, 11) is 0. The number of rotatable bonds is 3. The van der Waals surface area contributed by atoms with Crippen molar-refractivity contribution in [3.05, 3.63) is 52.3 Å². The molecule has 28 heavy (non-hydrogen) atoms. The minimum Gasteiger partial charge on any atom is -0.340 e. The van der Waals surface area contributed by atoms with E-state index in [0.717, 1.165) is 22.7 Å². The zero-order valence-electron chi connectivity index (χ0n) is 15.2. The van der Waals surface area contributed by atoms with Crippen molar-refractivity contribution in [2.24, 2.45) is 5.73 Å². The summed E-state index contributed by atoms with van der Waals surface area (Å²) in [5.41, 5.74) is 8.56. The number of fused-ring (bicyclic) bond motifs is 1. The van der Waals surface area contributed by atoms with Crippen LogP contribution >= 0.6 is 35.6 Å². The molecule has 4 rings (SSSR count). The molecule has 2 unspecified atom stereocenters. The fourth-order valence-electron chi connectivity index (χ4n) is 3.57. The van der Waals surface area contributed by atoms with E-state index in [1.165, 1.54) is 0 Å². The lowest BCUT2D eigenvalue weighted by molar-refractivity contribution is 0.243. The Bertz CT molecular complexity index is 962. The summed E-state index contributed by atoms with van der Waals surface area (Å²) in [4.78, 5) is 11.3.